The first-order valence-corrected chi connectivity index (χ1v) is 13.3. The Hall–Kier alpha value is -2.01. The third kappa shape index (κ3) is 6.16. The van der Waals surface area contributed by atoms with Crippen molar-refractivity contribution < 1.29 is 17.9 Å². The summed E-state index contributed by atoms with van der Waals surface area (Å²) in [4.78, 5) is 17.4. The Bertz CT molecular complexity index is 1100. The molecule has 0 spiro atoms. The molecule has 2 aliphatic heterocycles. The van der Waals surface area contributed by atoms with E-state index in [1.807, 2.05) is 19.2 Å². The third-order valence-electron chi connectivity index (χ3n) is 6.27. The Morgan fingerprint density at radius 2 is 1.62 bits per heavy atom. The predicted octanol–water partition coefficient (Wildman–Crippen LogP) is 2.04. The molecule has 0 atom stereocenters. The lowest BCUT2D eigenvalue weighted by molar-refractivity contribution is 0.0342. The molecule has 4 rings (SSSR count). The summed E-state index contributed by atoms with van der Waals surface area (Å²) < 4.78 is 33.0. The minimum atomic E-state index is -3.69. The van der Waals surface area contributed by atoms with Crippen LogP contribution in [0, 0.1) is 0 Å². The van der Waals surface area contributed by atoms with Crippen LogP contribution in [0.25, 0.3) is 0 Å². The molecular weight excluding hydrogens is 476 g/mol. The van der Waals surface area contributed by atoms with Gasteiger partial charge in [-0.2, -0.15) is 4.31 Å². The van der Waals surface area contributed by atoms with Gasteiger partial charge in [0.25, 0.3) is 5.91 Å². The molecule has 0 bridgehead atoms. The number of rotatable bonds is 7. The second-order valence-corrected chi connectivity index (χ2v) is 11.1. The van der Waals surface area contributed by atoms with Crippen molar-refractivity contribution in [1.29, 1.82) is 0 Å². The quantitative estimate of drug-likeness (QED) is 0.619. The topological polar surface area (TPSA) is 82.2 Å². The molecular formula is C24H31ClN4O4S. The van der Waals surface area contributed by atoms with Crippen LogP contribution in [0.3, 0.4) is 0 Å². The SMILES string of the molecule is CN1CCN(S(=O)(=O)c2ccc(Cl)c(C(=O)NCc3ccc(CN4CCOCC4)cc3)c2)CC1. The monoisotopic (exact) mass is 506 g/mol. The number of nitrogens with zero attached hydrogens (tertiary/aromatic N) is 3. The molecule has 0 radical (unpaired) electrons. The number of hydrogen-bond donors (Lipinski definition) is 1. The number of ether oxygens (including phenoxy) is 1. The smallest absolute Gasteiger partial charge is 0.253 e. The van der Waals surface area contributed by atoms with Crippen LogP contribution in [0.5, 0.6) is 0 Å². The number of carbonyl (C=O) groups is 1. The molecule has 1 N–H and O–H groups in total. The number of halogens is 1. The molecule has 2 aromatic rings. The van der Waals surface area contributed by atoms with Gasteiger partial charge in [-0.15, -0.1) is 0 Å². The Kier molecular flexibility index (Phi) is 8.23. The molecule has 34 heavy (non-hydrogen) atoms. The van der Waals surface area contributed by atoms with E-state index in [4.69, 9.17) is 16.3 Å². The summed E-state index contributed by atoms with van der Waals surface area (Å²) >= 11 is 6.25. The lowest BCUT2D eigenvalue weighted by atomic mass is 10.1. The third-order valence-corrected chi connectivity index (χ3v) is 8.49. The number of amides is 1. The van der Waals surface area contributed by atoms with E-state index in [9.17, 15) is 13.2 Å². The average molecular weight is 507 g/mol. The van der Waals surface area contributed by atoms with Crippen LogP contribution in [-0.4, -0.2) is 88.0 Å². The van der Waals surface area contributed by atoms with Gasteiger partial charge in [0.05, 0.1) is 28.7 Å². The molecule has 0 saturated carbocycles. The number of likely N-dealkylation sites (N-methyl/N-ethyl adjacent to an activating group) is 1. The molecule has 0 aliphatic carbocycles. The minimum absolute atomic E-state index is 0.0825. The second-order valence-electron chi connectivity index (χ2n) is 8.74. The maximum absolute atomic E-state index is 13.1. The van der Waals surface area contributed by atoms with E-state index in [0.29, 0.717) is 32.7 Å². The lowest BCUT2D eigenvalue weighted by Gasteiger charge is -2.31. The number of carbonyl (C=O) groups excluding carboxylic acids is 1. The molecule has 0 unspecified atom stereocenters. The summed E-state index contributed by atoms with van der Waals surface area (Å²) in [6.45, 7) is 6.79. The van der Waals surface area contributed by atoms with E-state index in [0.717, 1.165) is 38.4 Å². The molecule has 184 valence electrons. The fourth-order valence-corrected chi connectivity index (χ4v) is 5.73. The first-order valence-electron chi connectivity index (χ1n) is 11.5. The summed E-state index contributed by atoms with van der Waals surface area (Å²) in [7, 11) is -1.72. The summed E-state index contributed by atoms with van der Waals surface area (Å²) in [5, 5.41) is 3.07. The fourth-order valence-electron chi connectivity index (χ4n) is 4.07. The molecule has 2 fully saturated rings. The number of morpholine rings is 1. The number of sulfonamides is 1. The van der Waals surface area contributed by atoms with Gasteiger partial charge < -0.3 is 15.0 Å². The number of benzene rings is 2. The van der Waals surface area contributed by atoms with Gasteiger partial charge in [0.1, 0.15) is 0 Å². The molecule has 2 heterocycles. The van der Waals surface area contributed by atoms with Crippen molar-refractivity contribution in [3.63, 3.8) is 0 Å². The zero-order chi connectivity index (χ0) is 24.1. The van der Waals surface area contributed by atoms with Gasteiger partial charge in [0, 0.05) is 52.4 Å². The van der Waals surface area contributed by atoms with Crippen molar-refractivity contribution in [3.8, 4) is 0 Å². The average Bonchev–Trinajstić information content (AvgIpc) is 2.84. The largest absolute Gasteiger partial charge is 0.379 e. The van der Waals surface area contributed by atoms with Crippen molar-refractivity contribution in [3.05, 3.63) is 64.2 Å². The van der Waals surface area contributed by atoms with Crippen LogP contribution in [0.2, 0.25) is 5.02 Å². The summed E-state index contributed by atoms with van der Waals surface area (Å²) in [6, 6.07) is 12.4. The van der Waals surface area contributed by atoms with E-state index < -0.39 is 15.9 Å². The van der Waals surface area contributed by atoms with E-state index in [1.54, 1.807) is 0 Å². The highest BCUT2D eigenvalue weighted by Gasteiger charge is 2.28. The second kappa shape index (κ2) is 11.2. The van der Waals surface area contributed by atoms with Crippen LogP contribution in [-0.2, 0) is 27.8 Å². The molecule has 8 nitrogen and oxygen atoms in total. The Morgan fingerprint density at radius 1 is 0.971 bits per heavy atom. The zero-order valence-electron chi connectivity index (χ0n) is 19.4. The van der Waals surface area contributed by atoms with Gasteiger partial charge in [0.2, 0.25) is 10.0 Å². The molecule has 10 heteroatoms. The van der Waals surface area contributed by atoms with Crippen molar-refractivity contribution in [2.75, 3.05) is 59.5 Å². The van der Waals surface area contributed by atoms with Crippen molar-refractivity contribution >= 4 is 27.5 Å². The Morgan fingerprint density at radius 3 is 2.29 bits per heavy atom. The van der Waals surface area contributed by atoms with Crippen LogP contribution in [0.15, 0.2) is 47.4 Å². The van der Waals surface area contributed by atoms with Gasteiger partial charge in [-0.05, 0) is 36.4 Å². The molecule has 0 aromatic heterocycles. The lowest BCUT2D eigenvalue weighted by Crippen LogP contribution is -2.47. The Labute approximate surface area is 206 Å². The normalized spacial score (nSPS) is 18.6. The molecule has 2 aromatic carbocycles. The number of hydrogen-bond acceptors (Lipinski definition) is 6. The maximum Gasteiger partial charge on any atom is 0.253 e. The van der Waals surface area contributed by atoms with Crippen LogP contribution in [0.1, 0.15) is 21.5 Å². The van der Waals surface area contributed by atoms with Crippen LogP contribution < -0.4 is 5.32 Å². The van der Waals surface area contributed by atoms with Gasteiger partial charge in [-0.3, -0.25) is 9.69 Å². The maximum atomic E-state index is 13.1. The minimum Gasteiger partial charge on any atom is -0.379 e. The highest BCUT2D eigenvalue weighted by molar-refractivity contribution is 7.89. The predicted molar refractivity (Wildman–Crippen MR) is 131 cm³/mol. The van der Waals surface area contributed by atoms with Gasteiger partial charge in [-0.1, -0.05) is 35.9 Å². The summed E-state index contributed by atoms with van der Waals surface area (Å²) in [6.07, 6.45) is 0. The zero-order valence-corrected chi connectivity index (χ0v) is 20.9. The van der Waals surface area contributed by atoms with Crippen LogP contribution in [0.4, 0.5) is 0 Å². The van der Waals surface area contributed by atoms with E-state index in [-0.39, 0.29) is 15.5 Å². The van der Waals surface area contributed by atoms with Gasteiger partial charge in [-0.25, -0.2) is 8.42 Å². The molecule has 2 aliphatic rings. The first kappa shape index (κ1) is 25.1. The summed E-state index contributed by atoms with van der Waals surface area (Å²) in [5.74, 6) is -0.405. The van der Waals surface area contributed by atoms with E-state index in [1.165, 1.54) is 28.1 Å². The van der Waals surface area contributed by atoms with Gasteiger partial charge >= 0.3 is 0 Å². The molecule has 2 saturated heterocycles. The van der Waals surface area contributed by atoms with Crippen LogP contribution >= 0.6 is 11.6 Å². The van der Waals surface area contributed by atoms with E-state index in [2.05, 4.69) is 27.2 Å². The van der Waals surface area contributed by atoms with Crippen molar-refractivity contribution in [2.24, 2.45) is 0 Å². The highest BCUT2D eigenvalue weighted by atomic mass is 35.5. The van der Waals surface area contributed by atoms with Gasteiger partial charge in [0.15, 0.2) is 0 Å². The fraction of sp³-hybridized carbons (Fsp3) is 0.458. The van der Waals surface area contributed by atoms with Crippen molar-refractivity contribution in [2.45, 2.75) is 18.0 Å². The number of piperazine rings is 1. The van der Waals surface area contributed by atoms with Crippen molar-refractivity contribution in [1.82, 2.24) is 19.4 Å². The molecule has 1 amide bonds. The standard InChI is InChI=1S/C24H31ClN4O4S/c1-27-8-10-29(11-9-27)34(31,32)21-6-7-23(25)22(16-21)24(30)26-17-19-2-4-20(5-3-19)18-28-12-14-33-15-13-28/h2-7,16H,8-15,17-18H2,1H3,(H,26,30). The van der Waals surface area contributed by atoms with E-state index >= 15 is 0 Å². The number of nitrogens with one attached hydrogen (secondary N) is 1. The first-order chi connectivity index (χ1) is 16.3. The highest BCUT2D eigenvalue weighted by Crippen LogP contribution is 2.24. The Balaban J connectivity index is 1.38. The summed E-state index contributed by atoms with van der Waals surface area (Å²) in [5.41, 5.74) is 2.32.